The zero-order valence-corrected chi connectivity index (χ0v) is 13.4. The molecule has 1 aromatic heterocycles. The minimum absolute atomic E-state index is 0.280. The number of nitrogens with zero attached hydrogens (tertiary/aromatic N) is 2. The summed E-state index contributed by atoms with van der Waals surface area (Å²) in [7, 11) is 1.77. The van der Waals surface area contributed by atoms with Crippen LogP contribution in [0.15, 0.2) is 24.3 Å². The molecule has 0 atom stereocenters. The third kappa shape index (κ3) is 3.46. The van der Waals surface area contributed by atoms with Gasteiger partial charge in [0.25, 0.3) is 11.8 Å². The van der Waals surface area contributed by atoms with Crippen molar-refractivity contribution in [3.8, 4) is 0 Å². The molecule has 0 aliphatic carbocycles. The second-order valence-corrected chi connectivity index (χ2v) is 5.21. The third-order valence-electron chi connectivity index (χ3n) is 3.15. The molecule has 0 spiro atoms. The minimum atomic E-state index is -0.340. The lowest BCUT2D eigenvalue weighted by molar-refractivity contribution is 0.0954. The molecule has 0 unspecified atom stereocenters. The minimum Gasteiger partial charge on any atom is -0.352 e. The van der Waals surface area contributed by atoms with Crippen molar-refractivity contribution in [1.82, 2.24) is 15.1 Å². The van der Waals surface area contributed by atoms with Crippen molar-refractivity contribution in [2.75, 3.05) is 11.9 Å². The maximum atomic E-state index is 12.2. The summed E-state index contributed by atoms with van der Waals surface area (Å²) in [4.78, 5) is 24.0. The fraction of sp³-hybridized carbons (Fsp3) is 0.267. The van der Waals surface area contributed by atoms with Crippen LogP contribution in [0.5, 0.6) is 0 Å². The van der Waals surface area contributed by atoms with Crippen LogP contribution in [0.1, 0.15) is 33.5 Å². The lowest BCUT2D eigenvalue weighted by Crippen LogP contribution is -2.23. The van der Waals surface area contributed by atoms with Gasteiger partial charge >= 0.3 is 0 Å². The Hall–Kier alpha value is -2.34. The number of carbonyl (C=O) groups is 2. The van der Waals surface area contributed by atoms with Gasteiger partial charge in [0.05, 0.1) is 10.6 Å². The van der Waals surface area contributed by atoms with Crippen molar-refractivity contribution >= 4 is 29.1 Å². The van der Waals surface area contributed by atoms with Crippen LogP contribution in [0, 0.1) is 6.92 Å². The number of anilines is 1. The zero-order chi connectivity index (χ0) is 16.3. The number of rotatable bonds is 4. The Kier molecular flexibility index (Phi) is 4.82. The van der Waals surface area contributed by atoms with Crippen LogP contribution in [0.25, 0.3) is 0 Å². The number of hydrogen-bond donors (Lipinski definition) is 2. The van der Waals surface area contributed by atoms with Gasteiger partial charge in [-0.25, -0.2) is 0 Å². The summed E-state index contributed by atoms with van der Waals surface area (Å²) in [6, 6.07) is 6.45. The fourth-order valence-electron chi connectivity index (χ4n) is 1.90. The van der Waals surface area contributed by atoms with E-state index in [0.29, 0.717) is 28.5 Å². The van der Waals surface area contributed by atoms with Crippen LogP contribution in [-0.4, -0.2) is 28.1 Å². The molecule has 0 fully saturated rings. The Morgan fingerprint density at radius 2 is 2.00 bits per heavy atom. The summed E-state index contributed by atoms with van der Waals surface area (Å²) in [5, 5.41) is 9.83. The van der Waals surface area contributed by atoms with Crippen LogP contribution >= 0.6 is 11.6 Å². The Morgan fingerprint density at radius 3 is 2.59 bits per heavy atom. The molecule has 6 nitrogen and oxygen atoms in total. The van der Waals surface area contributed by atoms with Crippen molar-refractivity contribution in [2.45, 2.75) is 13.8 Å². The maximum Gasteiger partial charge on any atom is 0.276 e. The fourth-order valence-corrected chi connectivity index (χ4v) is 2.10. The van der Waals surface area contributed by atoms with Crippen LogP contribution in [0.4, 0.5) is 5.69 Å². The number of benzene rings is 1. The molecule has 116 valence electrons. The Labute approximate surface area is 133 Å². The van der Waals surface area contributed by atoms with E-state index in [9.17, 15) is 9.59 Å². The number of nitrogens with one attached hydrogen (secondary N) is 2. The van der Waals surface area contributed by atoms with Crippen LogP contribution < -0.4 is 10.6 Å². The Balaban J connectivity index is 2.21. The predicted molar refractivity (Wildman–Crippen MR) is 85.4 cm³/mol. The van der Waals surface area contributed by atoms with Gasteiger partial charge < -0.3 is 10.6 Å². The molecule has 2 amide bonds. The van der Waals surface area contributed by atoms with Gasteiger partial charge in [-0.2, -0.15) is 5.10 Å². The molecule has 0 saturated carbocycles. The second-order valence-electron chi connectivity index (χ2n) is 4.80. The lowest BCUT2D eigenvalue weighted by Gasteiger charge is -2.08. The first-order valence-electron chi connectivity index (χ1n) is 6.82. The summed E-state index contributed by atoms with van der Waals surface area (Å²) in [5.74, 6) is -0.620. The third-order valence-corrected chi connectivity index (χ3v) is 3.48. The molecular weight excluding hydrogens is 304 g/mol. The number of aromatic nitrogens is 2. The highest BCUT2D eigenvalue weighted by atomic mass is 35.5. The van der Waals surface area contributed by atoms with E-state index >= 15 is 0 Å². The Morgan fingerprint density at radius 1 is 1.27 bits per heavy atom. The number of carbonyl (C=O) groups excluding carboxylic acids is 2. The molecule has 0 aliphatic rings. The highest BCUT2D eigenvalue weighted by Gasteiger charge is 2.14. The van der Waals surface area contributed by atoms with Crippen LogP contribution in [-0.2, 0) is 7.05 Å². The van der Waals surface area contributed by atoms with Crippen molar-refractivity contribution in [3.63, 3.8) is 0 Å². The van der Waals surface area contributed by atoms with Gasteiger partial charge in [-0.3, -0.25) is 14.3 Å². The molecule has 2 rings (SSSR count). The van der Waals surface area contributed by atoms with Crippen molar-refractivity contribution in [1.29, 1.82) is 0 Å². The Bertz CT molecular complexity index is 705. The summed E-state index contributed by atoms with van der Waals surface area (Å²) >= 11 is 6.02. The largest absolute Gasteiger partial charge is 0.352 e. The maximum absolute atomic E-state index is 12.2. The lowest BCUT2D eigenvalue weighted by atomic mass is 10.2. The molecule has 0 bridgehead atoms. The summed E-state index contributed by atoms with van der Waals surface area (Å²) in [6.07, 6.45) is 0. The molecule has 0 aliphatic heterocycles. The topological polar surface area (TPSA) is 76.0 Å². The normalized spacial score (nSPS) is 10.4. The highest BCUT2D eigenvalue weighted by molar-refractivity contribution is 6.34. The number of aryl methyl sites for hydroxylation is 2. The van der Waals surface area contributed by atoms with Crippen molar-refractivity contribution in [2.24, 2.45) is 7.05 Å². The molecular formula is C15H17ClN4O2. The van der Waals surface area contributed by atoms with Gasteiger partial charge in [0.1, 0.15) is 0 Å². The quantitative estimate of drug-likeness (QED) is 0.908. The summed E-state index contributed by atoms with van der Waals surface area (Å²) in [5.41, 5.74) is 2.00. The first-order valence-corrected chi connectivity index (χ1v) is 7.20. The predicted octanol–water partition coefficient (Wildman–Crippen LogP) is 2.38. The van der Waals surface area contributed by atoms with E-state index in [1.807, 2.05) is 13.8 Å². The highest BCUT2D eigenvalue weighted by Crippen LogP contribution is 2.21. The van der Waals surface area contributed by atoms with Gasteiger partial charge in [0, 0.05) is 25.0 Å². The molecule has 22 heavy (non-hydrogen) atoms. The number of amides is 2. The average Bonchev–Trinajstić information content (AvgIpc) is 2.81. The van der Waals surface area contributed by atoms with Crippen molar-refractivity contribution < 1.29 is 9.59 Å². The number of hydrogen-bond acceptors (Lipinski definition) is 3. The van der Waals surface area contributed by atoms with E-state index in [0.717, 1.165) is 5.69 Å². The average molecular weight is 321 g/mol. The standard InChI is InChI=1S/C15H17ClN4O2/c1-4-17-14(21)11-8-10(5-6-12(11)16)18-15(22)13-7-9(2)20(3)19-13/h5-8H,4H2,1-3H3,(H,17,21)(H,18,22). The SMILES string of the molecule is CCNC(=O)c1cc(NC(=O)c2cc(C)n(C)n2)ccc1Cl. The van der Waals surface area contributed by atoms with Gasteiger partial charge in [-0.1, -0.05) is 11.6 Å². The van der Waals surface area contributed by atoms with Gasteiger partial charge in [0.2, 0.25) is 0 Å². The molecule has 2 aromatic rings. The smallest absolute Gasteiger partial charge is 0.276 e. The van der Waals surface area contributed by atoms with Gasteiger partial charge in [0.15, 0.2) is 5.69 Å². The molecule has 1 heterocycles. The van der Waals surface area contributed by atoms with E-state index in [1.165, 1.54) is 0 Å². The van der Waals surface area contributed by atoms with E-state index in [-0.39, 0.29) is 11.8 Å². The molecule has 1 aromatic carbocycles. The van der Waals surface area contributed by atoms with E-state index in [1.54, 1.807) is 36.0 Å². The molecule has 2 N–H and O–H groups in total. The number of halogens is 1. The van der Waals surface area contributed by atoms with E-state index in [4.69, 9.17) is 11.6 Å². The first-order chi connectivity index (χ1) is 10.4. The first kappa shape index (κ1) is 16.0. The van der Waals surface area contributed by atoms with E-state index in [2.05, 4.69) is 15.7 Å². The van der Waals surface area contributed by atoms with Crippen LogP contribution in [0.3, 0.4) is 0 Å². The zero-order valence-electron chi connectivity index (χ0n) is 12.6. The molecule has 0 radical (unpaired) electrons. The molecule has 0 saturated heterocycles. The monoisotopic (exact) mass is 320 g/mol. The van der Waals surface area contributed by atoms with E-state index < -0.39 is 0 Å². The second kappa shape index (κ2) is 6.62. The summed E-state index contributed by atoms with van der Waals surface area (Å²) in [6.45, 7) is 4.18. The van der Waals surface area contributed by atoms with Crippen LogP contribution in [0.2, 0.25) is 5.02 Å². The van der Waals surface area contributed by atoms with Crippen molar-refractivity contribution in [3.05, 3.63) is 46.2 Å². The summed E-state index contributed by atoms with van der Waals surface area (Å²) < 4.78 is 1.62. The van der Waals surface area contributed by atoms with Gasteiger partial charge in [-0.15, -0.1) is 0 Å². The molecule has 7 heteroatoms. The van der Waals surface area contributed by atoms with Gasteiger partial charge in [-0.05, 0) is 38.1 Å².